The molecule has 3 saturated carbocycles. The molecule has 0 radical (unpaired) electrons. The van der Waals surface area contributed by atoms with E-state index in [0.29, 0.717) is 29.4 Å². The molecule has 0 amide bonds. The van der Waals surface area contributed by atoms with E-state index in [1.54, 1.807) is 25.7 Å². The van der Waals surface area contributed by atoms with Crippen LogP contribution in [0.4, 0.5) is 0 Å². The molecule has 35 heavy (non-hydrogen) atoms. The van der Waals surface area contributed by atoms with Crippen molar-refractivity contribution in [2.24, 2.45) is 40.7 Å². The molecule has 212 valence electrons. The van der Waals surface area contributed by atoms with Crippen LogP contribution in [0.15, 0.2) is 0 Å². The number of alkyl halides is 1. The summed E-state index contributed by atoms with van der Waals surface area (Å²) in [5.41, 5.74) is 6.13. The van der Waals surface area contributed by atoms with Crippen LogP contribution in [-0.2, 0) is 0 Å². The molecule has 1 unspecified atom stereocenters. The standard InChI is InChI=1S/C19H38ClN3.C9H16.3H2O/c1-14(2)18(22-13-21)11-23-10-9-17(19(3,4)12-23)15-5-7-16(20)8-6-15;1-2-4-8(5-3-1)9-6-7-9;;;/h14-18,22H,5-13,21H2,1-4H3;8-9H,1-7H2;3*1H2/t15?,16?,17?,18-;;;;/m0..../s1. The Balaban J connectivity index is 0.000000811. The van der Waals surface area contributed by atoms with Gasteiger partial charge < -0.3 is 32.4 Å². The van der Waals surface area contributed by atoms with Crippen LogP contribution in [-0.4, -0.2) is 59.1 Å². The number of nitrogens with two attached hydrogens (primary N) is 1. The van der Waals surface area contributed by atoms with E-state index in [0.717, 1.165) is 18.4 Å². The van der Waals surface area contributed by atoms with Crippen LogP contribution >= 0.6 is 11.6 Å². The average Bonchev–Trinajstić information content (AvgIpc) is 3.60. The second kappa shape index (κ2) is 16.8. The molecule has 9 N–H and O–H groups in total. The summed E-state index contributed by atoms with van der Waals surface area (Å²) >= 11 is 6.31. The van der Waals surface area contributed by atoms with Gasteiger partial charge in [0.2, 0.25) is 0 Å². The Morgan fingerprint density at radius 3 is 1.86 bits per heavy atom. The summed E-state index contributed by atoms with van der Waals surface area (Å²) < 4.78 is 0. The fraction of sp³-hybridized carbons (Fsp3) is 1.00. The van der Waals surface area contributed by atoms with Crippen molar-refractivity contribution in [2.75, 3.05) is 26.3 Å². The molecular weight excluding hydrogens is 462 g/mol. The molecule has 7 heteroatoms. The van der Waals surface area contributed by atoms with E-state index in [2.05, 4.69) is 37.9 Å². The quantitative estimate of drug-likeness (QED) is 0.384. The number of rotatable bonds is 7. The first-order chi connectivity index (χ1) is 15.3. The van der Waals surface area contributed by atoms with Gasteiger partial charge in [0, 0.05) is 31.2 Å². The Bertz CT molecular complexity index is 534. The van der Waals surface area contributed by atoms with Crippen LogP contribution in [0.25, 0.3) is 0 Å². The van der Waals surface area contributed by atoms with Gasteiger partial charge in [0.25, 0.3) is 0 Å². The van der Waals surface area contributed by atoms with Crippen molar-refractivity contribution in [3.63, 3.8) is 0 Å². The third-order valence-corrected chi connectivity index (χ3v) is 9.68. The van der Waals surface area contributed by atoms with Crippen molar-refractivity contribution in [3.05, 3.63) is 0 Å². The Morgan fingerprint density at radius 2 is 1.37 bits per heavy atom. The summed E-state index contributed by atoms with van der Waals surface area (Å²) in [6, 6.07) is 0.499. The minimum atomic E-state index is 0. The van der Waals surface area contributed by atoms with Crippen LogP contribution in [0.2, 0.25) is 0 Å². The number of nitrogens with zero attached hydrogens (tertiary/aromatic N) is 1. The van der Waals surface area contributed by atoms with E-state index in [1.807, 2.05) is 0 Å². The summed E-state index contributed by atoms with van der Waals surface area (Å²) in [6.07, 6.45) is 17.3. The van der Waals surface area contributed by atoms with E-state index in [1.165, 1.54) is 76.3 Å². The van der Waals surface area contributed by atoms with E-state index >= 15 is 0 Å². The largest absolute Gasteiger partial charge is 0.412 e. The fourth-order valence-corrected chi connectivity index (χ4v) is 7.36. The van der Waals surface area contributed by atoms with Gasteiger partial charge in [-0.05, 0) is 86.5 Å². The Morgan fingerprint density at radius 1 is 0.829 bits per heavy atom. The molecule has 0 bridgehead atoms. The Labute approximate surface area is 221 Å². The highest BCUT2D eigenvalue weighted by Crippen LogP contribution is 2.46. The maximum atomic E-state index is 6.31. The van der Waals surface area contributed by atoms with Crippen molar-refractivity contribution < 1.29 is 16.4 Å². The lowest BCUT2D eigenvalue weighted by Gasteiger charge is -2.49. The molecule has 0 aromatic rings. The zero-order chi connectivity index (χ0) is 23.1. The van der Waals surface area contributed by atoms with Crippen LogP contribution in [0.3, 0.4) is 0 Å². The molecule has 3 aliphatic carbocycles. The molecule has 0 aromatic heterocycles. The number of hydrogen-bond donors (Lipinski definition) is 2. The maximum absolute atomic E-state index is 6.31. The first-order valence-corrected chi connectivity index (χ1v) is 14.5. The van der Waals surface area contributed by atoms with E-state index < -0.39 is 0 Å². The van der Waals surface area contributed by atoms with Crippen LogP contribution in [0.5, 0.6) is 0 Å². The fourth-order valence-electron chi connectivity index (χ4n) is 7.11. The molecule has 4 fully saturated rings. The Kier molecular flexibility index (Phi) is 16.8. The Hall–Kier alpha value is 0.0500. The predicted octanol–water partition coefficient (Wildman–Crippen LogP) is 4.17. The summed E-state index contributed by atoms with van der Waals surface area (Å²) in [5, 5.41) is 3.89. The highest BCUT2D eigenvalue weighted by atomic mass is 35.5. The topological polar surface area (TPSA) is 136 Å². The lowest BCUT2D eigenvalue weighted by atomic mass is 9.64. The monoisotopic (exact) mass is 521 g/mol. The van der Waals surface area contributed by atoms with Crippen molar-refractivity contribution in [1.82, 2.24) is 10.2 Å². The highest BCUT2D eigenvalue weighted by molar-refractivity contribution is 6.20. The highest BCUT2D eigenvalue weighted by Gasteiger charge is 2.41. The first-order valence-electron chi connectivity index (χ1n) is 14.1. The molecule has 0 spiro atoms. The molecule has 6 nitrogen and oxygen atoms in total. The zero-order valence-electron chi connectivity index (χ0n) is 23.3. The lowest BCUT2D eigenvalue weighted by molar-refractivity contribution is 0.00491. The van der Waals surface area contributed by atoms with E-state index in [-0.39, 0.29) is 16.4 Å². The smallest absolute Gasteiger partial charge is 0.0431 e. The van der Waals surface area contributed by atoms with Gasteiger partial charge >= 0.3 is 0 Å². The van der Waals surface area contributed by atoms with Crippen LogP contribution in [0.1, 0.15) is 105 Å². The molecule has 2 atom stereocenters. The van der Waals surface area contributed by atoms with Gasteiger partial charge in [-0.1, -0.05) is 59.8 Å². The third kappa shape index (κ3) is 11.1. The summed E-state index contributed by atoms with van der Waals surface area (Å²) in [7, 11) is 0. The SMILES string of the molecule is C1CCC(C2CC2)CC1.CC(C)[C@H](CN1CCC(C2CCC(Cl)CC2)C(C)(C)C1)NCN.O.O.O. The zero-order valence-corrected chi connectivity index (χ0v) is 24.0. The molecule has 4 rings (SSSR count). The molecule has 4 aliphatic rings. The minimum Gasteiger partial charge on any atom is -0.412 e. The van der Waals surface area contributed by atoms with Crippen LogP contribution in [0, 0.1) is 35.0 Å². The van der Waals surface area contributed by atoms with Crippen molar-refractivity contribution in [3.8, 4) is 0 Å². The van der Waals surface area contributed by atoms with Crippen LogP contribution < -0.4 is 11.1 Å². The van der Waals surface area contributed by atoms with Gasteiger partial charge in [-0.2, -0.15) is 0 Å². The summed E-state index contributed by atoms with van der Waals surface area (Å²) in [6.45, 7) is 13.7. The molecule has 0 aromatic carbocycles. The molecule has 1 saturated heterocycles. The third-order valence-electron chi connectivity index (χ3n) is 9.24. The lowest BCUT2D eigenvalue weighted by Crippen LogP contribution is -2.53. The van der Waals surface area contributed by atoms with Gasteiger partial charge in [-0.25, -0.2) is 0 Å². The molecular formula is C28H60ClN3O3. The number of nitrogens with one attached hydrogen (secondary N) is 1. The van der Waals surface area contributed by atoms with Crippen molar-refractivity contribution >= 4 is 11.6 Å². The van der Waals surface area contributed by atoms with Crippen molar-refractivity contribution in [2.45, 2.75) is 116 Å². The van der Waals surface area contributed by atoms with Crippen molar-refractivity contribution in [1.29, 1.82) is 0 Å². The van der Waals surface area contributed by atoms with Gasteiger partial charge in [-0.15, -0.1) is 11.6 Å². The first kappa shape index (κ1) is 35.0. The average molecular weight is 522 g/mol. The number of piperidine rings is 1. The normalized spacial score (nSPS) is 30.1. The maximum Gasteiger partial charge on any atom is 0.0431 e. The van der Waals surface area contributed by atoms with Gasteiger partial charge in [0.15, 0.2) is 0 Å². The van der Waals surface area contributed by atoms with Gasteiger partial charge in [0.05, 0.1) is 0 Å². The number of halogens is 1. The predicted molar refractivity (Wildman–Crippen MR) is 151 cm³/mol. The second-order valence-electron chi connectivity index (χ2n) is 12.6. The van der Waals surface area contributed by atoms with Gasteiger partial charge in [0.1, 0.15) is 0 Å². The summed E-state index contributed by atoms with van der Waals surface area (Å²) in [4.78, 5) is 2.66. The summed E-state index contributed by atoms with van der Waals surface area (Å²) in [5.74, 6) is 4.73. The van der Waals surface area contributed by atoms with E-state index in [4.69, 9.17) is 17.3 Å². The number of hydrogen-bond acceptors (Lipinski definition) is 3. The minimum absolute atomic E-state index is 0. The second-order valence-corrected chi connectivity index (χ2v) is 13.2. The number of likely N-dealkylation sites (tertiary alicyclic amines) is 1. The molecule has 1 aliphatic heterocycles. The molecule has 1 heterocycles. The van der Waals surface area contributed by atoms with E-state index in [9.17, 15) is 0 Å². The van der Waals surface area contributed by atoms with Gasteiger partial charge in [-0.3, -0.25) is 0 Å².